The predicted octanol–water partition coefficient (Wildman–Crippen LogP) is 2.08. The molecule has 1 aromatic carbocycles. The molecule has 2 amide bonds. The van der Waals surface area contributed by atoms with Crippen molar-refractivity contribution in [3.05, 3.63) is 41.7 Å². The van der Waals surface area contributed by atoms with Crippen LogP contribution >= 0.6 is 12.4 Å². The number of halogens is 1. The standard InChI is InChI=1S/C20H28N6O2.ClH/c1-15(27)26(14-16-6-4-3-5-7-16)13-10-18(28)22-20-23-19(24-25(20)2)17-8-11-21-12-9-17;/h3-7,17,21H,8-14H2,1-2H3,(H,22,23,24,28);1H. The lowest BCUT2D eigenvalue weighted by Crippen LogP contribution is -2.31. The van der Waals surface area contributed by atoms with Gasteiger partial charge in [-0.05, 0) is 31.5 Å². The number of hydrogen-bond acceptors (Lipinski definition) is 5. The van der Waals surface area contributed by atoms with Crippen molar-refractivity contribution in [3.63, 3.8) is 0 Å². The smallest absolute Gasteiger partial charge is 0.228 e. The zero-order valence-electron chi connectivity index (χ0n) is 16.9. The van der Waals surface area contributed by atoms with Crippen molar-refractivity contribution in [2.75, 3.05) is 25.0 Å². The number of aryl methyl sites for hydroxylation is 1. The zero-order valence-corrected chi connectivity index (χ0v) is 17.7. The Balaban J connectivity index is 0.00000300. The molecule has 0 aliphatic carbocycles. The van der Waals surface area contributed by atoms with Gasteiger partial charge in [0.1, 0.15) is 0 Å². The summed E-state index contributed by atoms with van der Waals surface area (Å²) in [7, 11) is 1.78. The lowest BCUT2D eigenvalue weighted by Gasteiger charge is -2.20. The Bertz CT molecular complexity index is 805. The number of carbonyl (C=O) groups is 2. The number of nitrogens with zero attached hydrogens (tertiary/aromatic N) is 4. The molecular weight excluding hydrogens is 392 g/mol. The molecule has 0 saturated carbocycles. The number of benzene rings is 1. The zero-order chi connectivity index (χ0) is 19.9. The summed E-state index contributed by atoms with van der Waals surface area (Å²) in [6.07, 6.45) is 2.22. The van der Waals surface area contributed by atoms with E-state index in [1.54, 1.807) is 16.6 Å². The summed E-state index contributed by atoms with van der Waals surface area (Å²) < 4.78 is 1.61. The maximum Gasteiger partial charge on any atom is 0.228 e. The van der Waals surface area contributed by atoms with Crippen molar-refractivity contribution < 1.29 is 9.59 Å². The van der Waals surface area contributed by atoms with Crippen LogP contribution in [0.25, 0.3) is 0 Å². The highest BCUT2D eigenvalue weighted by Gasteiger charge is 2.21. The van der Waals surface area contributed by atoms with Crippen LogP contribution in [-0.4, -0.2) is 51.1 Å². The van der Waals surface area contributed by atoms with Gasteiger partial charge in [0.15, 0.2) is 5.82 Å². The third-order valence-corrected chi connectivity index (χ3v) is 5.01. The van der Waals surface area contributed by atoms with Gasteiger partial charge in [-0.2, -0.15) is 10.1 Å². The van der Waals surface area contributed by atoms with Gasteiger partial charge in [-0.15, -0.1) is 12.4 Å². The van der Waals surface area contributed by atoms with Gasteiger partial charge in [0, 0.05) is 39.4 Å². The molecule has 1 aromatic heterocycles. The first-order valence-electron chi connectivity index (χ1n) is 9.74. The molecule has 0 spiro atoms. The predicted molar refractivity (Wildman–Crippen MR) is 114 cm³/mol. The molecule has 9 heteroatoms. The number of hydrogen-bond donors (Lipinski definition) is 2. The van der Waals surface area contributed by atoms with E-state index in [0.717, 1.165) is 37.3 Å². The molecule has 29 heavy (non-hydrogen) atoms. The van der Waals surface area contributed by atoms with Crippen molar-refractivity contribution in [3.8, 4) is 0 Å². The Morgan fingerprint density at radius 2 is 1.93 bits per heavy atom. The maximum absolute atomic E-state index is 12.4. The van der Waals surface area contributed by atoms with E-state index in [-0.39, 0.29) is 30.6 Å². The van der Waals surface area contributed by atoms with Gasteiger partial charge in [-0.1, -0.05) is 30.3 Å². The molecule has 1 aliphatic rings. The largest absolute Gasteiger partial charge is 0.338 e. The minimum Gasteiger partial charge on any atom is -0.338 e. The number of amides is 2. The van der Waals surface area contributed by atoms with Gasteiger partial charge in [0.25, 0.3) is 0 Å². The summed E-state index contributed by atoms with van der Waals surface area (Å²) in [5.74, 6) is 1.34. The van der Waals surface area contributed by atoms with Crippen LogP contribution in [0.15, 0.2) is 30.3 Å². The molecule has 2 aromatic rings. The quantitative estimate of drug-likeness (QED) is 0.715. The Morgan fingerprint density at radius 3 is 2.59 bits per heavy atom. The highest BCUT2D eigenvalue weighted by Crippen LogP contribution is 2.23. The molecule has 2 heterocycles. The third-order valence-electron chi connectivity index (χ3n) is 5.01. The molecule has 0 radical (unpaired) electrons. The van der Waals surface area contributed by atoms with E-state index in [0.29, 0.717) is 25.0 Å². The van der Waals surface area contributed by atoms with E-state index < -0.39 is 0 Å². The third kappa shape index (κ3) is 6.54. The number of rotatable bonds is 7. The highest BCUT2D eigenvalue weighted by atomic mass is 35.5. The second-order valence-electron chi connectivity index (χ2n) is 7.17. The molecular formula is C20H29ClN6O2. The lowest BCUT2D eigenvalue weighted by molar-refractivity contribution is -0.129. The Labute approximate surface area is 177 Å². The fourth-order valence-electron chi connectivity index (χ4n) is 3.34. The fourth-order valence-corrected chi connectivity index (χ4v) is 3.34. The van der Waals surface area contributed by atoms with Crippen molar-refractivity contribution >= 4 is 30.2 Å². The van der Waals surface area contributed by atoms with Gasteiger partial charge in [0.05, 0.1) is 0 Å². The highest BCUT2D eigenvalue weighted by molar-refractivity contribution is 5.89. The van der Waals surface area contributed by atoms with Crippen molar-refractivity contribution in [1.29, 1.82) is 0 Å². The van der Waals surface area contributed by atoms with Crippen molar-refractivity contribution in [2.45, 2.75) is 38.6 Å². The van der Waals surface area contributed by atoms with Crippen LogP contribution in [0.3, 0.4) is 0 Å². The number of aromatic nitrogens is 3. The SMILES string of the molecule is CC(=O)N(CCC(=O)Nc1nc(C2CCNCC2)nn1C)Cc1ccccc1.Cl. The first kappa shape index (κ1) is 22.8. The molecule has 2 N–H and O–H groups in total. The Morgan fingerprint density at radius 1 is 1.24 bits per heavy atom. The normalized spacial score (nSPS) is 14.1. The molecule has 8 nitrogen and oxygen atoms in total. The van der Waals surface area contributed by atoms with Crippen LogP contribution in [-0.2, 0) is 23.2 Å². The average molecular weight is 421 g/mol. The van der Waals surface area contributed by atoms with Crippen LogP contribution in [0.4, 0.5) is 5.95 Å². The monoisotopic (exact) mass is 420 g/mol. The number of carbonyl (C=O) groups excluding carboxylic acids is 2. The van der Waals surface area contributed by atoms with Crippen LogP contribution in [0.2, 0.25) is 0 Å². The second kappa shape index (κ2) is 10.9. The average Bonchev–Trinajstić information content (AvgIpc) is 3.06. The van der Waals surface area contributed by atoms with E-state index in [2.05, 4.69) is 20.7 Å². The van der Waals surface area contributed by atoms with Crippen molar-refractivity contribution in [1.82, 2.24) is 25.0 Å². The van der Waals surface area contributed by atoms with Gasteiger partial charge in [-0.3, -0.25) is 14.9 Å². The summed E-state index contributed by atoms with van der Waals surface area (Å²) >= 11 is 0. The van der Waals surface area contributed by atoms with E-state index in [1.165, 1.54) is 6.92 Å². The van der Waals surface area contributed by atoms with Gasteiger partial charge in [-0.25, -0.2) is 4.68 Å². The molecule has 1 saturated heterocycles. The summed E-state index contributed by atoms with van der Waals surface area (Å²) in [5, 5.41) is 10.6. The summed E-state index contributed by atoms with van der Waals surface area (Å²) in [6, 6.07) is 9.76. The van der Waals surface area contributed by atoms with Crippen molar-refractivity contribution in [2.24, 2.45) is 7.05 Å². The molecule has 0 unspecified atom stereocenters. The second-order valence-corrected chi connectivity index (χ2v) is 7.17. The minimum atomic E-state index is -0.174. The van der Waals surface area contributed by atoms with Crippen LogP contribution in [0.1, 0.15) is 43.5 Å². The topological polar surface area (TPSA) is 92.2 Å². The molecule has 1 fully saturated rings. The molecule has 0 bridgehead atoms. The van der Waals surface area contributed by atoms with Gasteiger partial charge in [0.2, 0.25) is 17.8 Å². The summed E-state index contributed by atoms with van der Waals surface area (Å²) in [6.45, 7) is 4.30. The lowest BCUT2D eigenvalue weighted by atomic mass is 9.98. The molecule has 0 atom stereocenters. The molecule has 1 aliphatic heterocycles. The van der Waals surface area contributed by atoms with Crippen LogP contribution < -0.4 is 10.6 Å². The first-order valence-corrected chi connectivity index (χ1v) is 9.74. The summed E-state index contributed by atoms with van der Waals surface area (Å²) in [5.41, 5.74) is 1.04. The van der Waals surface area contributed by atoms with Gasteiger partial charge < -0.3 is 10.2 Å². The number of anilines is 1. The molecule has 3 rings (SSSR count). The van der Waals surface area contributed by atoms with E-state index in [9.17, 15) is 9.59 Å². The Hall–Kier alpha value is -2.45. The van der Waals surface area contributed by atoms with Crippen LogP contribution in [0.5, 0.6) is 0 Å². The van der Waals surface area contributed by atoms with E-state index in [1.807, 2.05) is 30.3 Å². The fraction of sp³-hybridized carbons (Fsp3) is 0.500. The Kier molecular flexibility index (Phi) is 8.60. The van der Waals surface area contributed by atoms with Crippen LogP contribution in [0, 0.1) is 0 Å². The van der Waals surface area contributed by atoms with Gasteiger partial charge >= 0.3 is 0 Å². The van der Waals surface area contributed by atoms with E-state index in [4.69, 9.17) is 0 Å². The van der Waals surface area contributed by atoms with E-state index >= 15 is 0 Å². The first-order chi connectivity index (χ1) is 13.5. The minimum absolute atomic E-state index is 0. The number of piperidine rings is 1. The summed E-state index contributed by atoms with van der Waals surface area (Å²) in [4.78, 5) is 30.5. The number of nitrogens with one attached hydrogen (secondary N) is 2. The molecule has 158 valence electrons. The maximum atomic E-state index is 12.4.